The maximum Gasteiger partial charge on any atom is 0.291 e. The summed E-state index contributed by atoms with van der Waals surface area (Å²) in [7, 11) is -2.53. The molecule has 0 aliphatic carbocycles. The zero-order valence-electron chi connectivity index (χ0n) is 14.5. The zero-order chi connectivity index (χ0) is 19.4. The number of benzene rings is 2. The molecule has 0 spiro atoms. The molecular weight excluding hydrogens is 388 g/mol. The number of aryl methyl sites for hydroxylation is 1. The van der Waals surface area contributed by atoms with Gasteiger partial charge in [-0.2, -0.15) is 8.42 Å². The molecule has 10 heteroatoms. The van der Waals surface area contributed by atoms with Gasteiger partial charge in [0.2, 0.25) is 5.13 Å². The number of anilines is 2. The molecule has 2 N–H and O–H groups in total. The third-order valence-electron chi connectivity index (χ3n) is 3.49. The third-order valence-corrected chi connectivity index (χ3v) is 6.06. The molecule has 0 radical (unpaired) electrons. The molecule has 0 aliphatic rings. The third kappa shape index (κ3) is 4.41. The highest BCUT2D eigenvalue weighted by molar-refractivity contribution is 7.94. The van der Waals surface area contributed by atoms with E-state index < -0.39 is 15.9 Å². The van der Waals surface area contributed by atoms with E-state index in [1.807, 2.05) is 13.0 Å². The number of para-hydroxylation sites is 2. The Morgan fingerprint density at radius 3 is 2.63 bits per heavy atom. The zero-order valence-corrected chi connectivity index (χ0v) is 16.1. The van der Waals surface area contributed by atoms with Crippen LogP contribution in [0.2, 0.25) is 0 Å². The van der Waals surface area contributed by atoms with Gasteiger partial charge in [0.1, 0.15) is 5.75 Å². The maximum atomic E-state index is 12.5. The van der Waals surface area contributed by atoms with Crippen molar-refractivity contribution in [1.29, 1.82) is 0 Å². The van der Waals surface area contributed by atoms with Crippen LogP contribution in [0.5, 0.6) is 5.75 Å². The van der Waals surface area contributed by atoms with Crippen LogP contribution in [0.15, 0.2) is 52.9 Å². The summed E-state index contributed by atoms with van der Waals surface area (Å²) in [6, 6.07) is 13.6. The monoisotopic (exact) mass is 404 g/mol. The summed E-state index contributed by atoms with van der Waals surface area (Å²) in [5, 5.41) is 10.0. The van der Waals surface area contributed by atoms with Crippen LogP contribution in [0.1, 0.15) is 15.9 Å². The Morgan fingerprint density at radius 1 is 1.11 bits per heavy atom. The molecule has 0 aliphatic heterocycles. The van der Waals surface area contributed by atoms with Gasteiger partial charge in [-0.1, -0.05) is 41.2 Å². The van der Waals surface area contributed by atoms with Crippen LogP contribution < -0.4 is 14.8 Å². The lowest BCUT2D eigenvalue weighted by molar-refractivity contribution is 0.102. The van der Waals surface area contributed by atoms with E-state index in [2.05, 4.69) is 20.2 Å². The first-order chi connectivity index (χ1) is 12.9. The van der Waals surface area contributed by atoms with Gasteiger partial charge in [0, 0.05) is 5.56 Å². The van der Waals surface area contributed by atoms with E-state index in [9.17, 15) is 13.2 Å². The first kappa shape index (κ1) is 18.8. The van der Waals surface area contributed by atoms with Gasteiger partial charge in [-0.25, -0.2) is 0 Å². The van der Waals surface area contributed by atoms with Crippen molar-refractivity contribution in [2.75, 3.05) is 17.1 Å². The molecule has 0 saturated carbocycles. The lowest BCUT2D eigenvalue weighted by atomic mass is 10.1. The number of aromatic nitrogens is 2. The van der Waals surface area contributed by atoms with E-state index in [1.54, 1.807) is 42.5 Å². The smallest absolute Gasteiger partial charge is 0.291 e. The summed E-state index contributed by atoms with van der Waals surface area (Å²) in [6.45, 7) is 1.87. The molecule has 0 atom stereocenters. The van der Waals surface area contributed by atoms with Gasteiger partial charge in [-0.15, -0.1) is 10.2 Å². The summed E-state index contributed by atoms with van der Waals surface area (Å²) in [5.74, 6) is -0.0185. The molecule has 1 amide bonds. The van der Waals surface area contributed by atoms with Crippen molar-refractivity contribution in [1.82, 2.24) is 10.2 Å². The van der Waals surface area contributed by atoms with E-state index >= 15 is 0 Å². The Kier molecular flexibility index (Phi) is 5.38. The van der Waals surface area contributed by atoms with E-state index in [0.29, 0.717) is 11.3 Å². The fraction of sp³-hybridized carbons (Fsp3) is 0.118. The van der Waals surface area contributed by atoms with Crippen molar-refractivity contribution >= 4 is 38.1 Å². The number of ether oxygens (including phenoxy) is 1. The minimum Gasteiger partial charge on any atom is -0.495 e. The highest BCUT2D eigenvalue weighted by Gasteiger charge is 2.22. The van der Waals surface area contributed by atoms with Crippen LogP contribution in [-0.2, 0) is 10.0 Å². The van der Waals surface area contributed by atoms with Gasteiger partial charge in [0.25, 0.3) is 20.3 Å². The molecule has 1 heterocycles. The minimum atomic E-state index is -3.97. The maximum absolute atomic E-state index is 12.5. The Morgan fingerprint density at radius 2 is 1.89 bits per heavy atom. The highest BCUT2D eigenvalue weighted by Crippen LogP contribution is 2.28. The quantitative estimate of drug-likeness (QED) is 0.611. The van der Waals surface area contributed by atoms with Gasteiger partial charge >= 0.3 is 0 Å². The van der Waals surface area contributed by atoms with E-state index in [1.165, 1.54) is 7.11 Å². The molecule has 2 aromatic carbocycles. The van der Waals surface area contributed by atoms with Crippen molar-refractivity contribution in [2.45, 2.75) is 11.3 Å². The average molecular weight is 404 g/mol. The topological polar surface area (TPSA) is 110 Å². The fourth-order valence-corrected chi connectivity index (χ4v) is 4.21. The summed E-state index contributed by atoms with van der Waals surface area (Å²) in [4.78, 5) is 12.2. The van der Waals surface area contributed by atoms with Crippen molar-refractivity contribution < 1.29 is 17.9 Å². The highest BCUT2D eigenvalue weighted by atomic mass is 32.2. The Balaban J connectivity index is 1.77. The lowest BCUT2D eigenvalue weighted by Crippen LogP contribution is -2.13. The van der Waals surface area contributed by atoms with Crippen molar-refractivity contribution in [2.24, 2.45) is 0 Å². The van der Waals surface area contributed by atoms with E-state index in [4.69, 9.17) is 4.74 Å². The standard InChI is InChI=1S/C17H16N4O4S2/c1-11-6-5-7-12(10-11)15(22)18-16-19-20-17(26-16)27(23,24)21-13-8-3-4-9-14(13)25-2/h3-10,21H,1-2H3,(H,18,19,22). The number of carbonyl (C=O) groups excluding carboxylic acids is 1. The van der Waals surface area contributed by atoms with Crippen LogP contribution in [0.25, 0.3) is 0 Å². The second kappa shape index (κ2) is 7.72. The summed E-state index contributed by atoms with van der Waals surface area (Å²) in [6.07, 6.45) is 0. The first-order valence-corrected chi connectivity index (χ1v) is 10.1. The van der Waals surface area contributed by atoms with Gasteiger partial charge in [0.15, 0.2) is 0 Å². The molecule has 0 unspecified atom stereocenters. The number of nitrogens with zero attached hydrogens (tertiary/aromatic N) is 2. The molecule has 0 bridgehead atoms. The number of amides is 1. The number of rotatable bonds is 6. The van der Waals surface area contributed by atoms with Crippen LogP contribution in [0.4, 0.5) is 10.8 Å². The molecule has 27 heavy (non-hydrogen) atoms. The molecule has 1 aromatic heterocycles. The predicted molar refractivity (Wildman–Crippen MR) is 103 cm³/mol. The number of nitrogens with one attached hydrogen (secondary N) is 2. The molecule has 140 valence electrons. The number of methoxy groups -OCH3 is 1. The second-order valence-corrected chi connectivity index (χ2v) is 8.34. The van der Waals surface area contributed by atoms with Gasteiger partial charge < -0.3 is 4.74 Å². The average Bonchev–Trinajstić information content (AvgIpc) is 3.11. The fourth-order valence-electron chi connectivity index (χ4n) is 2.24. The molecule has 3 rings (SSSR count). The van der Waals surface area contributed by atoms with Crippen molar-refractivity contribution in [3.05, 3.63) is 59.7 Å². The molecule has 0 fully saturated rings. The van der Waals surface area contributed by atoms with Crippen LogP contribution in [-0.4, -0.2) is 31.6 Å². The Hall–Kier alpha value is -2.98. The van der Waals surface area contributed by atoms with E-state index in [0.717, 1.165) is 16.9 Å². The minimum absolute atomic E-state index is 0.0851. The van der Waals surface area contributed by atoms with Gasteiger partial charge in [-0.05, 0) is 31.2 Å². The molecular formula is C17H16N4O4S2. The number of sulfonamides is 1. The summed E-state index contributed by atoms with van der Waals surface area (Å²) >= 11 is 0.754. The lowest BCUT2D eigenvalue weighted by Gasteiger charge is -2.09. The van der Waals surface area contributed by atoms with Crippen molar-refractivity contribution in [3.63, 3.8) is 0 Å². The SMILES string of the molecule is COc1ccccc1NS(=O)(=O)c1nnc(NC(=O)c2cccc(C)c2)s1. The normalized spacial score (nSPS) is 11.0. The van der Waals surface area contributed by atoms with Crippen LogP contribution in [0.3, 0.4) is 0 Å². The van der Waals surface area contributed by atoms with Crippen LogP contribution in [0, 0.1) is 6.92 Å². The molecule has 8 nitrogen and oxygen atoms in total. The predicted octanol–water partition coefficient (Wildman–Crippen LogP) is 2.91. The Labute approximate surface area is 160 Å². The number of carbonyl (C=O) groups is 1. The van der Waals surface area contributed by atoms with Crippen LogP contribution >= 0.6 is 11.3 Å². The Bertz CT molecular complexity index is 1080. The second-order valence-electron chi connectivity index (χ2n) is 5.50. The first-order valence-electron chi connectivity index (χ1n) is 7.76. The van der Waals surface area contributed by atoms with Gasteiger partial charge in [0.05, 0.1) is 12.8 Å². The van der Waals surface area contributed by atoms with Gasteiger partial charge in [-0.3, -0.25) is 14.8 Å². The number of hydrogen-bond acceptors (Lipinski definition) is 7. The summed E-state index contributed by atoms with van der Waals surface area (Å²) < 4.78 is 32.3. The number of hydrogen-bond donors (Lipinski definition) is 2. The van der Waals surface area contributed by atoms with E-state index in [-0.39, 0.29) is 15.2 Å². The largest absolute Gasteiger partial charge is 0.495 e. The molecule has 3 aromatic rings. The molecule has 0 saturated heterocycles. The van der Waals surface area contributed by atoms with Crippen molar-refractivity contribution in [3.8, 4) is 5.75 Å². The summed E-state index contributed by atoms with van der Waals surface area (Å²) in [5.41, 5.74) is 1.66.